The van der Waals surface area contributed by atoms with Gasteiger partial charge in [0.25, 0.3) is 11.8 Å². The van der Waals surface area contributed by atoms with Gasteiger partial charge in [-0.15, -0.1) is 0 Å². The van der Waals surface area contributed by atoms with E-state index in [4.69, 9.17) is 4.42 Å². The first-order chi connectivity index (χ1) is 15.4. The number of nitrogens with zero attached hydrogens (tertiary/aromatic N) is 4. The molecule has 0 spiro atoms. The summed E-state index contributed by atoms with van der Waals surface area (Å²) in [5, 5.41) is 9.70. The van der Waals surface area contributed by atoms with Crippen LogP contribution in [0, 0.1) is 6.92 Å². The third-order valence-electron chi connectivity index (χ3n) is 5.41. The molecule has 1 aliphatic rings. The van der Waals surface area contributed by atoms with Crippen LogP contribution in [0.15, 0.2) is 47.2 Å². The molecule has 0 bridgehead atoms. The number of hydrogen-bond donors (Lipinski definition) is 2. The Morgan fingerprint density at radius 1 is 1.19 bits per heavy atom. The molecule has 32 heavy (non-hydrogen) atoms. The number of furan rings is 1. The number of fused-ring (bicyclic) bond motifs is 1. The van der Waals surface area contributed by atoms with Crippen LogP contribution in [0.2, 0.25) is 0 Å². The molecule has 4 heterocycles. The van der Waals surface area contributed by atoms with Crippen molar-refractivity contribution < 1.29 is 18.8 Å². The number of aryl methyl sites for hydroxylation is 2. The van der Waals surface area contributed by atoms with Gasteiger partial charge in [-0.2, -0.15) is 5.10 Å². The molecule has 1 aliphatic heterocycles. The van der Waals surface area contributed by atoms with Crippen LogP contribution < -0.4 is 10.6 Å². The standard InChI is InChI=1S/C22H24N6O4/c1-14-11-17(26-27(14)2)21(30)25-9-8-24-20(29)16-13-28(22(31)18-6-4-10-32-18)12-15-5-3-7-23-19(15)16/h3-7,10-11,16H,8-9,12-13H2,1-2H3,(H,24,29)(H,25,30). The molecule has 4 rings (SSSR count). The lowest BCUT2D eigenvalue weighted by atomic mass is 9.93. The Bertz CT molecular complexity index is 1120. The predicted molar refractivity (Wildman–Crippen MR) is 114 cm³/mol. The molecule has 3 amide bonds. The third kappa shape index (κ3) is 4.39. The number of carbonyl (C=O) groups is 3. The molecule has 10 heteroatoms. The van der Waals surface area contributed by atoms with Gasteiger partial charge in [0, 0.05) is 45.1 Å². The Morgan fingerprint density at radius 3 is 2.72 bits per heavy atom. The monoisotopic (exact) mass is 436 g/mol. The van der Waals surface area contributed by atoms with E-state index in [2.05, 4.69) is 20.7 Å². The molecule has 0 fully saturated rings. The van der Waals surface area contributed by atoms with Crippen molar-refractivity contribution in [2.75, 3.05) is 19.6 Å². The van der Waals surface area contributed by atoms with Gasteiger partial charge in [0.05, 0.1) is 17.9 Å². The normalized spacial score (nSPS) is 15.2. The Morgan fingerprint density at radius 2 is 2.00 bits per heavy atom. The van der Waals surface area contributed by atoms with Gasteiger partial charge in [-0.3, -0.25) is 24.0 Å². The number of amides is 3. The van der Waals surface area contributed by atoms with Crippen LogP contribution in [0.1, 0.15) is 43.9 Å². The summed E-state index contributed by atoms with van der Waals surface area (Å²) in [6, 6.07) is 8.59. The minimum absolute atomic E-state index is 0.189. The van der Waals surface area contributed by atoms with Crippen LogP contribution in [0.5, 0.6) is 0 Å². The van der Waals surface area contributed by atoms with Crippen LogP contribution in [-0.2, 0) is 18.4 Å². The van der Waals surface area contributed by atoms with Crippen molar-refractivity contribution in [3.63, 3.8) is 0 Å². The fraction of sp³-hybridized carbons (Fsp3) is 0.318. The van der Waals surface area contributed by atoms with Crippen molar-refractivity contribution >= 4 is 17.7 Å². The third-order valence-corrected chi connectivity index (χ3v) is 5.41. The van der Waals surface area contributed by atoms with Gasteiger partial charge in [0.1, 0.15) is 5.69 Å². The lowest BCUT2D eigenvalue weighted by Gasteiger charge is -2.32. The number of pyridine rings is 1. The SMILES string of the molecule is Cc1cc(C(=O)NCCNC(=O)C2CN(C(=O)c3ccco3)Cc3cccnc32)nn1C. The molecule has 0 radical (unpaired) electrons. The summed E-state index contributed by atoms with van der Waals surface area (Å²) in [4.78, 5) is 43.8. The fourth-order valence-electron chi connectivity index (χ4n) is 3.64. The van der Waals surface area contributed by atoms with Gasteiger partial charge < -0.3 is 20.0 Å². The van der Waals surface area contributed by atoms with Crippen molar-refractivity contribution in [1.82, 2.24) is 30.3 Å². The highest BCUT2D eigenvalue weighted by Gasteiger charge is 2.34. The highest BCUT2D eigenvalue weighted by molar-refractivity contribution is 5.93. The molecule has 1 atom stereocenters. The maximum atomic E-state index is 12.9. The molecule has 0 saturated heterocycles. The largest absolute Gasteiger partial charge is 0.459 e. The second-order valence-electron chi connectivity index (χ2n) is 7.60. The van der Waals surface area contributed by atoms with E-state index in [1.54, 1.807) is 47.1 Å². The first-order valence-corrected chi connectivity index (χ1v) is 10.3. The molecule has 0 aliphatic carbocycles. The van der Waals surface area contributed by atoms with Gasteiger partial charge in [-0.05, 0) is 36.8 Å². The Balaban J connectivity index is 1.37. The lowest BCUT2D eigenvalue weighted by Crippen LogP contribution is -2.45. The van der Waals surface area contributed by atoms with Gasteiger partial charge >= 0.3 is 0 Å². The van der Waals surface area contributed by atoms with Gasteiger partial charge in [0.15, 0.2) is 5.76 Å². The molecule has 0 saturated carbocycles. The van der Waals surface area contributed by atoms with Crippen LogP contribution in [-0.4, -0.2) is 57.0 Å². The minimum atomic E-state index is -0.618. The van der Waals surface area contributed by atoms with Crippen molar-refractivity contribution in [3.8, 4) is 0 Å². The van der Waals surface area contributed by atoms with E-state index >= 15 is 0 Å². The molecule has 1 unspecified atom stereocenters. The van der Waals surface area contributed by atoms with Crippen LogP contribution in [0.4, 0.5) is 0 Å². The van der Waals surface area contributed by atoms with E-state index in [1.807, 2.05) is 13.0 Å². The lowest BCUT2D eigenvalue weighted by molar-refractivity contribution is -0.123. The zero-order valence-corrected chi connectivity index (χ0v) is 17.9. The second-order valence-corrected chi connectivity index (χ2v) is 7.60. The topological polar surface area (TPSA) is 122 Å². The minimum Gasteiger partial charge on any atom is -0.459 e. The number of nitrogens with one attached hydrogen (secondary N) is 2. The molecule has 2 N–H and O–H groups in total. The van der Waals surface area contributed by atoms with Crippen LogP contribution in [0.3, 0.4) is 0 Å². The van der Waals surface area contributed by atoms with E-state index in [0.29, 0.717) is 17.9 Å². The summed E-state index contributed by atoms with van der Waals surface area (Å²) < 4.78 is 6.85. The van der Waals surface area contributed by atoms with Crippen molar-refractivity contribution in [2.24, 2.45) is 7.05 Å². The molecule has 3 aromatic rings. The average molecular weight is 436 g/mol. The van der Waals surface area contributed by atoms with E-state index in [-0.39, 0.29) is 43.1 Å². The molecular formula is C22H24N6O4. The van der Waals surface area contributed by atoms with Gasteiger partial charge in [-0.1, -0.05) is 6.07 Å². The quantitative estimate of drug-likeness (QED) is 0.556. The number of carbonyl (C=O) groups excluding carboxylic acids is 3. The number of rotatable bonds is 6. The van der Waals surface area contributed by atoms with E-state index < -0.39 is 5.92 Å². The first kappa shape index (κ1) is 21.3. The molecular weight excluding hydrogens is 412 g/mol. The van der Waals surface area contributed by atoms with E-state index in [9.17, 15) is 14.4 Å². The number of hydrogen-bond acceptors (Lipinski definition) is 6. The molecule has 10 nitrogen and oxygen atoms in total. The summed E-state index contributed by atoms with van der Waals surface area (Å²) >= 11 is 0. The van der Waals surface area contributed by atoms with Crippen LogP contribution in [0.25, 0.3) is 0 Å². The Hall–Kier alpha value is -3.95. The molecule has 0 aromatic carbocycles. The van der Waals surface area contributed by atoms with E-state index in [0.717, 1.165) is 11.3 Å². The summed E-state index contributed by atoms with van der Waals surface area (Å²) in [7, 11) is 1.77. The molecule has 3 aromatic heterocycles. The highest BCUT2D eigenvalue weighted by Crippen LogP contribution is 2.27. The van der Waals surface area contributed by atoms with Crippen molar-refractivity contribution in [1.29, 1.82) is 0 Å². The fourth-order valence-corrected chi connectivity index (χ4v) is 3.64. The Kier molecular flexibility index (Phi) is 6.02. The first-order valence-electron chi connectivity index (χ1n) is 10.3. The maximum Gasteiger partial charge on any atom is 0.289 e. The van der Waals surface area contributed by atoms with Gasteiger partial charge in [0.2, 0.25) is 5.91 Å². The summed E-state index contributed by atoms with van der Waals surface area (Å²) in [6.45, 7) is 2.89. The second kappa shape index (κ2) is 9.04. The number of aromatic nitrogens is 3. The van der Waals surface area contributed by atoms with Crippen molar-refractivity contribution in [3.05, 3.63) is 71.2 Å². The average Bonchev–Trinajstić information content (AvgIpc) is 3.45. The van der Waals surface area contributed by atoms with E-state index in [1.165, 1.54) is 6.26 Å². The van der Waals surface area contributed by atoms with Crippen molar-refractivity contribution in [2.45, 2.75) is 19.4 Å². The zero-order valence-electron chi connectivity index (χ0n) is 17.9. The predicted octanol–water partition coefficient (Wildman–Crippen LogP) is 1.00. The Labute approximate surface area is 184 Å². The summed E-state index contributed by atoms with van der Waals surface area (Å²) in [5.41, 5.74) is 2.67. The zero-order chi connectivity index (χ0) is 22.7. The smallest absolute Gasteiger partial charge is 0.289 e. The van der Waals surface area contributed by atoms with Gasteiger partial charge in [-0.25, -0.2) is 0 Å². The van der Waals surface area contributed by atoms with Crippen LogP contribution >= 0.6 is 0 Å². The summed E-state index contributed by atoms with van der Waals surface area (Å²) in [6.07, 6.45) is 3.08. The molecule has 166 valence electrons. The maximum absolute atomic E-state index is 12.9. The highest BCUT2D eigenvalue weighted by atomic mass is 16.3. The summed E-state index contributed by atoms with van der Waals surface area (Å²) in [5.74, 6) is -1.23.